The van der Waals surface area contributed by atoms with E-state index in [9.17, 15) is 14.4 Å². The van der Waals surface area contributed by atoms with E-state index >= 15 is 0 Å². The SMILES string of the molecule is CN1C2=C(C(=O)CC(C)(C)C2)C(c2ccc(C(=O)NN(C(=S)Nc3ccccc3)C(=S)Nc3ccccc3)cc2)C2=C1CC(C)(C)CC2=O. The molecule has 3 aromatic rings. The van der Waals surface area contributed by atoms with E-state index in [1.165, 1.54) is 5.01 Å². The van der Waals surface area contributed by atoms with Gasteiger partial charge in [-0.25, -0.2) is 5.01 Å². The molecule has 2 aliphatic carbocycles. The van der Waals surface area contributed by atoms with Gasteiger partial charge in [-0.2, -0.15) is 0 Å². The molecule has 1 heterocycles. The van der Waals surface area contributed by atoms with E-state index in [4.69, 9.17) is 24.4 Å². The zero-order valence-electron chi connectivity index (χ0n) is 28.4. The lowest BCUT2D eigenvalue weighted by Gasteiger charge is -2.47. The van der Waals surface area contributed by atoms with Crippen LogP contribution in [0.15, 0.2) is 107 Å². The minimum Gasteiger partial charge on any atom is -0.351 e. The molecule has 0 spiro atoms. The van der Waals surface area contributed by atoms with Crippen LogP contribution < -0.4 is 16.1 Å². The quantitative estimate of drug-likeness (QED) is 0.188. The molecule has 252 valence electrons. The van der Waals surface area contributed by atoms with Crippen molar-refractivity contribution in [2.24, 2.45) is 10.8 Å². The van der Waals surface area contributed by atoms with Gasteiger partial charge in [0.1, 0.15) is 0 Å². The second kappa shape index (κ2) is 13.3. The van der Waals surface area contributed by atoms with Gasteiger partial charge in [0.15, 0.2) is 21.8 Å². The molecular formula is C39H41N5O3S2. The predicted molar refractivity (Wildman–Crippen MR) is 202 cm³/mol. The molecule has 3 aliphatic rings. The van der Waals surface area contributed by atoms with Crippen molar-refractivity contribution >= 4 is 63.5 Å². The first-order valence-electron chi connectivity index (χ1n) is 16.4. The normalized spacial score (nSPS) is 18.3. The summed E-state index contributed by atoms with van der Waals surface area (Å²) in [5.74, 6) is -0.769. The van der Waals surface area contributed by atoms with Gasteiger partial charge >= 0.3 is 0 Å². The van der Waals surface area contributed by atoms with E-state index in [2.05, 4.69) is 48.7 Å². The molecule has 0 fully saturated rings. The highest BCUT2D eigenvalue weighted by Gasteiger charge is 2.48. The number of hydrogen-bond donors (Lipinski definition) is 3. The zero-order valence-corrected chi connectivity index (χ0v) is 30.1. The molecule has 0 atom stereocenters. The average Bonchev–Trinajstić information content (AvgIpc) is 3.04. The van der Waals surface area contributed by atoms with E-state index in [-0.39, 0.29) is 32.6 Å². The number of amides is 1. The molecule has 0 aromatic heterocycles. The van der Waals surface area contributed by atoms with Crippen LogP contribution in [0.25, 0.3) is 0 Å². The number of nitrogens with one attached hydrogen (secondary N) is 3. The standard InChI is InChI=1S/C39H41N5O3S2/c1-38(2)20-28-33(30(45)22-38)32(34-29(43(28)5)21-39(3,4)23-31(34)46)24-16-18-25(19-17-24)35(47)42-44(36(48)40-26-12-8-6-9-13-26)37(49)41-27-14-10-7-11-15-27/h6-19,32H,20-23H2,1-5H3,(H,40,48)(H,41,49)(H,42,47). The monoisotopic (exact) mass is 691 g/mol. The fraction of sp³-hybridized carbons (Fsp3) is 0.308. The summed E-state index contributed by atoms with van der Waals surface area (Å²) in [5.41, 5.74) is 8.53. The third-order valence-electron chi connectivity index (χ3n) is 9.36. The molecule has 10 heteroatoms. The van der Waals surface area contributed by atoms with Gasteiger partial charge in [-0.1, -0.05) is 76.2 Å². The van der Waals surface area contributed by atoms with Gasteiger partial charge in [-0.05, 0) is 90.1 Å². The number of hydrazine groups is 1. The predicted octanol–water partition coefficient (Wildman–Crippen LogP) is 7.74. The molecule has 8 nitrogen and oxygen atoms in total. The number of Topliss-reactive ketones (excluding diaryl/α,β-unsaturated/α-hetero) is 2. The molecular weight excluding hydrogens is 651 g/mol. The van der Waals surface area contributed by atoms with Gasteiger partial charge in [0.25, 0.3) is 5.91 Å². The maximum atomic E-state index is 13.8. The van der Waals surface area contributed by atoms with Crippen molar-refractivity contribution in [3.8, 4) is 0 Å². The van der Waals surface area contributed by atoms with Gasteiger partial charge < -0.3 is 15.5 Å². The Bertz CT molecular complexity index is 1790. The molecule has 0 unspecified atom stereocenters. The Balaban J connectivity index is 1.31. The molecule has 1 amide bonds. The highest BCUT2D eigenvalue weighted by atomic mass is 32.1. The van der Waals surface area contributed by atoms with Crippen molar-refractivity contribution in [3.63, 3.8) is 0 Å². The molecule has 0 saturated carbocycles. The van der Waals surface area contributed by atoms with E-state index in [1.807, 2.05) is 79.8 Å². The van der Waals surface area contributed by atoms with E-state index in [0.717, 1.165) is 41.2 Å². The number of ketones is 2. The Labute approximate surface area is 298 Å². The van der Waals surface area contributed by atoms with Crippen LogP contribution in [0.5, 0.6) is 0 Å². The molecule has 1 aliphatic heterocycles. The van der Waals surface area contributed by atoms with E-state index < -0.39 is 11.8 Å². The summed E-state index contributed by atoms with van der Waals surface area (Å²) >= 11 is 11.4. The van der Waals surface area contributed by atoms with Crippen LogP contribution >= 0.6 is 24.4 Å². The number of carbonyl (C=O) groups is 3. The lowest BCUT2D eigenvalue weighted by atomic mass is 9.64. The van der Waals surface area contributed by atoms with Crippen LogP contribution in [0.3, 0.4) is 0 Å². The second-order valence-corrected chi connectivity index (χ2v) is 15.4. The van der Waals surface area contributed by atoms with Crippen molar-refractivity contribution in [1.29, 1.82) is 0 Å². The zero-order chi connectivity index (χ0) is 35.1. The number of anilines is 2. The van der Waals surface area contributed by atoms with E-state index in [1.54, 1.807) is 12.1 Å². The number of carbonyl (C=O) groups excluding carboxylic acids is 3. The summed E-state index contributed by atoms with van der Waals surface area (Å²) in [5, 5.41) is 7.94. The highest BCUT2D eigenvalue weighted by Crippen LogP contribution is 2.53. The third-order valence-corrected chi connectivity index (χ3v) is 9.93. The number of rotatable bonds is 4. The number of thiocarbonyl (C=S) groups is 2. The topological polar surface area (TPSA) is 93.8 Å². The molecule has 0 radical (unpaired) electrons. The third kappa shape index (κ3) is 7.21. The maximum Gasteiger partial charge on any atom is 0.270 e. The minimum atomic E-state index is -0.479. The Kier molecular flexibility index (Phi) is 9.30. The summed E-state index contributed by atoms with van der Waals surface area (Å²) in [6.07, 6.45) is 2.33. The number of para-hydroxylation sites is 2. The molecule has 0 bridgehead atoms. The Morgan fingerprint density at radius 1 is 0.694 bits per heavy atom. The fourth-order valence-corrected chi connectivity index (χ4v) is 7.65. The van der Waals surface area contributed by atoms with Crippen LogP contribution in [0.4, 0.5) is 11.4 Å². The lowest BCUT2D eigenvalue weighted by molar-refractivity contribution is -0.119. The van der Waals surface area contributed by atoms with Gasteiger partial charge in [-0.15, -0.1) is 0 Å². The van der Waals surface area contributed by atoms with Crippen molar-refractivity contribution in [1.82, 2.24) is 15.3 Å². The van der Waals surface area contributed by atoms with Gasteiger partial charge in [0.05, 0.1) is 0 Å². The minimum absolute atomic E-state index is 0.0728. The summed E-state index contributed by atoms with van der Waals surface area (Å²) < 4.78 is 0. The van der Waals surface area contributed by atoms with Gasteiger partial charge in [0, 0.05) is 65.3 Å². The van der Waals surface area contributed by atoms with Crippen molar-refractivity contribution < 1.29 is 14.4 Å². The van der Waals surface area contributed by atoms with Crippen LogP contribution in [0, 0.1) is 10.8 Å². The van der Waals surface area contributed by atoms with Gasteiger partial charge in [0.2, 0.25) is 0 Å². The van der Waals surface area contributed by atoms with Gasteiger partial charge in [-0.3, -0.25) is 19.8 Å². The molecule has 49 heavy (non-hydrogen) atoms. The summed E-state index contributed by atoms with van der Waals surface area (Å²) in [4.78, 5) is 43.5. The maximum absolute atomic E-state index is 13.8. The molecule has 0 saturated heterocycles. The fourth-order valence-electron chi connectivity index (χ4n) is 7.09. The Hall–Kier alpha value is -4.67. The highest BCUT2D eigenvalue weighted by molar-refractivity contribution is 7.82. The smallest absolute Gasteiger partial charge is 0.270 e. The van der Waals surface area contributed by atoms with Crippen molar-refractivity contribution in [3.05, 3.63) is 119 Å². The summed E-state index contributed by atoms with van der Waals surface area (Å²) in [6, 6.07) is 25.9. The summed E-state index contributed by atoms with van der Waals surface area (Å²) in [7, 11) is 2.00. The number of nitrogens with zero attached hydrogens (tertiary/aromatic N) is 2. The Morgan fingerprint density at radius 2 is 1.12 bits per heavy atom. The average molecular weight is 692 g/mol. The van der Waals surface area contributed by atoms with Crippen molar-refractivity contribution in [2.75, 3.05) is 17.7 Å². The Morgan fingerprint density at radius 3 is 1.55 bits per heavy atom. The summed E-state index contributed by atoms with van der Waals surface area (Å²) in [6.45, 7) is 8.48. The molecule has 3 aromatic carbocycles. The number of benzene rings is 3. The van der Waals surface area contributed by atoms with Crippen molar-refractivity contribution in [2.45, 2.75) is 59.3 Å². The largest absolute Gasteiger partial charge is 0.351 e. The molecule has 6 rings (SSSR count). The number of allylic oxidation sites excluding steroid dienone is 4. The first-order chi connectivity index (χ1) is 23.2. The first kappa shape index (κ1) is 34.2. The first-order valence-corrected chi connectivity index (χ1v) is 17.2. The van der Waals surface area contributed by atoms with Crippen LogP contribution in [0.2, 0.25) is 0 Å². The lowest BCUT2D eigenvalue weighted by Crippen LogP contribution is -2.53. The molecule has 3 N–H and O–H groups in total. The number of hydrogen-bond acceptors (Lipinski definition) is 6. The second-order valence-electron chi connectivity index (χ2n) is 14.6. The van der Waals surface area contributed by atoms with Crippen LogP contribution in [-0.2, 0) is 9.59 Å². The van der Waals surface area contributed by atoms with Crippen LogP contribution in [-0.4, -0.2) is 44.7 Å². The van der Waals surface area contributed by atoms with Crippen LogP contribution in [0.1, 0.15) is 75.2 Å². The van der Waals surface area contributed by atoms with E-state index in [0.29, 0.717) is 29.6 Å².